The van der Waals surface area contributed by atoms with Crippen LogP contribution in [0.4, 0.5) is 17.6 Å². The Morgan fingerprint density at radius 3 is 2.41 bits per heavy atom. The monoisotopic (exact) mass is 466 g/mol. The minimum absolute atomic E-state index is 0.167. The van der Waals surface area contributed by atoms with Crippen molar-refractivity contribution in [3.8, 4) is 0 Å². The first kappa shape index (κ1) is 19.6. The fraction of sp³-hybridized carbons (Fsp3) is 0.389. The number of halogens is 6. The Balaban J connectivity index is 1.52. The number of thiophene rings is 1. The highest BCUT2D eigenvalue weighted by Crippen LogP contribution is 2.51. The van der Waals surface area contributed by atoms with Gasteiger partial charge >= 0.3 is 6.18 Å². The van der Waals surface area contributed by atoms with Crippen molar-refractivity contribution >= 4 is 40.3 Å². The van der Waals surface area contributed by atoms with Gasteiger partial charge < -0.3 is 14.9 Å². The van der Waals surface area contributed by atoms with Gasteiger partial charge in [0, 0.05) is 23.5 Å². The molecule has 1 spiro atoms. The molecular weight excluding hydrogens is 455 g/mol. The molecule has 3 aliphatic rings. The summed E-state index contributed by atoms with van der Waals surface area (Å²) in [6.07, 6.45) is -5.40. The SMILES string of the molecule is Fc1c(Cl)cc(C2(C(F)(F)F)CC(c3cc4c(s3)C3(CNC3)OC4)=NO2)cc1Cl. The van der Waals surface area contributed by atoms with E-state index in [4.69, 9.17) is 32.8 Å². The van der Waals surface area contributed by atoms with Crippen LogP contribution in [0.5, 0.6) is 0 Å². The lowest BCUT2D eigenvalue weighted by Crippen LogP contribution is -2.56. The van der Waals surface area contributed by atoms with Crippen molar-refractivity contribution in [3.05, 3.63) is 54.9 Å². The predicted molar refractivity (Wildman–Crippen MR) is 100 cm³/mol. The largest absolute Gasteiger partial charge is 0.435 e. The van der Waals surface area contributed by atoms with Crippen LogP contribution in [0.2, 0.25) is 10.0 Å². The van der Waals surface area contributed by atoms with Crippen LogP contribution in [0, 0.1) is 5.82 Å². The average molecular weight is 467 g/mol. The van der Waals surface area contributed by atoms with Gasteiger partial charge in [-0.3, -0.25) is 0 Å². The van der Waals surface area contributed by atoms with E-state index in [2.05, 4.69) is 10.5 Å². The molecule has 11 heteroatoms. The van der Waals surface area contributed by atoms with Gasteiger partial charge in [-0.2, -0.15) is 13.2 Å². The van der Waals surface area contributed by atoms with Gasteiger partial charge in [-0.25, -0.2) is 4.39 Å². The molecule has 1 unspecified atom stereocenters. The number of nitrogens with one attached hydrogen (secondary N) is 1. The summed E-state index contributed by atoms with van der Waals surface area (Å²) in [5.74, 6) is -0.984. The van der Waals surface area contributed by atoms with Gasteiger partial charge in [-0.05, 0) is 23.8 Å². The van der Waals surface area contributed by atoms with Crippen LogP contribution >= 0.6 is 34.5 Å². The van der Waals surface area contributed by atoms with Crippen LogP contribution in [-0.4, -0.2) is 25.0 Å². The number of rotatable bonds is 2. The van der Waals surface area contributed by atoms with Crippen molar-refractivity contribution in [2.45, 2.75) is 30.4 Å². The van der Waals surface area contributed by atoms with Crippen molar-refractivity contribution < 1.29 is 27.1 Å². The zero-order chi connectivity index (χ0) is 20.6. The summed E-state index contributed by atoms with van der Waals surface area (Å²) < 4.78 is 61.9. The van der Waals surface area contributed by atoms with Gasteiger partial charge in [0.25, 0.3) is 5.60 Å². The summed E-state index contributed by atoms with van der Waals surface area (Å²) in [4.78, 5) is 6.59. The van der Waals surface area contributed by atoms with Crippen molar-refractivity contribution in [1.82, 2.24) is 5.32 Å². The van der Waals surface area contributed by atoms with Gasteiger partial charge in [-0.1, -0.05) is 28.4 Å². The lowest BCUT2D eigenvalue weighted by Gasteiger charge is -2.38. The smallest absolute Gasteiger partial charge is 0.374 e. The molecule has 1 saturated heterocycles. The molecule has 4 nitrogen and oxygen atoms in total. The highest BCUT2D eigenvalue weighted by atomic mass is 35.5. The van der Waals surface area contributed by atoms with E-state index in [1.807, 2.05) is 0 Å². The maximum Gasteiger partial charge on any atom is 0.435 e. The number of fused-ring (bicyclic) bond motifs is 2. The number of oxime groups is 1. The third kappa shape index (κ3) is 2.75. The second-order valence-corrected chi connectivity index (χ2v) is 9.10. The minimum Gasteiger partial charge on any atom is -0.374 e. The highest BCUT2D eigenvalue weighted by molar-refractivity contribution is 7.14. The lowest BCUT2D eigenvalue weighted by molar-refractivity contribution is -0.275. The summed E-state index contributed by atoms with van der Waals surface area (Å²) in [5.41, 5.74) is -2.46. The molecule has 1 fully saturated rings. The topological polar surface area (TPSA) is 42.8 Å². The van der Waals surface area contributed by atoms with Crippen LogP contribution in [0.25, 0.3) is 0 Å². The van der Waals surface area contributed by atoms with Crippen molar-refractivity contribution in [1.29, 1.82) is 0 Å². The second-order valence-electron chi connectivity index (χ2n) is 7.24. The molecule has 2 aromatic rings. The first-order valence-corrected chi connectivity index (χ1v) is 10.2. The second kappa shape index (κ2) is 6.31. The lowest BCUT2D eigenvalue weighted by atomic mass is 9.87. The van der Waals surface area contributed by atoms with Crippen molar-refractivity contribution in [2.75, 3.05) is 13.1 Å². The standard InChI is InChI=1S/C18H12Cl2F4N2O2S/c19-10-2-9(3-11(20)14(10)21)17(18(22,23)24)4-12(26-28-17)13-1-8-5-27-16(6-25-7-16)15(8)29-13/h1-3,25H,4-7H2. The Bertz CT molecular complexity index is 1030. The van der Waals surface area contributed by atoms with E-state index in [9.17, 15) is 17.6 Å². The van der Waals surface area contributed by atoms with Gasteiger partial charge in [0.05, 0.1) is 28.0 Å². The van der Waals surface area contributed by atoms with E-state index in [1.54, 1.807) is 6.07 Å². The molecule has 0 radical (unpaired) electrons. The third-order valence-corrected chi connectivity index (χ3v) is 7.43. The van der Waals surface area contributed by atoms with Gasteiger partial charge in [-0.15, -0.1) is 11.3 Å². The molecule has 1 aromatic heterocycles. The molecule has 1 atom stereocenters. The Morgan fingerprint density at radius 1 is 1.14 bits per heavy atom. The summed E-state index contributed by atoms with van der Waals surface area (Å²) in [6, 6.07) is 3.56. The van der Waals surface area contributed by atoms with E-state index in [0.717, 1.165) is 22.6 Å². The maximum atomic E-state index is 14.1. The molecule has 1 N–H and O–H groups in total. The molecule has 0 aliphatic carbocycles. The molecule has 4 heterocycles. The number of alkyl halides is 3. The molecule has 0 bridgehead atoms. The molecular formula is C18H12Cl2F4N2O2S. The molecule has 0 saturated carbocycles. The van der Waals surface area contributed by atoms with E-state index in [0.29, 0.717) is 24.6 Å². The summed E-state index contributed by atoms with van der Waals surface area (Å²) in [5, 5.41) is 5.89. The van der Waals surface area contributed by atoms with Crippen LogP contribution in [0.15, 0.2) is 23.4 Å². The number of hydrogen-bond donors (Lipinski definition) is 1. The van der Waals surface area contributed by atoms with Crippen molar-refractivity contribution in [3.63, 3.8) is 0 Å². The molecule has 1 aromatic carbocycles. The van der Waals surface area contributed by atoms with Crippen molar-refractivity contribution in [2.24, 2.45) is 5.16 Å². The first-order chi connectivity index (χ1) is 13.7. The van der Waals surface area contributed by atoms with Crippen LogP contribution in [-0.2, 0) is 27.4 Å². The molecule has 154 valence electrons. The fourth-order valence-electron chi connectivity index (χ4n) is 3.78. The number of hydrogen-bond acceptors (Lipinski definition) is 5. The summed E-state index contributed by atoms with van der Waals surface area (Å²) >= 11 is 12.8. The van der Waals surface area contributed by atoms with E-state index in [1.165, 1.54) is 11.3 Å². The molecule has 5 rings (SSSR count). The number of ether oxygens (including phenoxy) is 1. The van der Waals surface area contributed by atoms with Gasteiger partial charge in [0.2, 0.25) is 0 Å². The fourth-order valence-corrected chi connectivity index (χ4v) is 5.56. The predicted octanol–water partition coefficient (Wildman–Crippen LogP) is 5.10. The van der Waals surface area contributed by atoms with E-state index < -0.39 is 45.2 Å². The maximum absolute atomic E-state index is 14.1. The van der Waals surface area contributed by atoms with Crippen LogP contribution < -0.4 is 5.32 Å². The summed E-state index contributed by atoms with van der Waals surface area (Å²) in [6.45, 7) is 1.75. The molecule has 0 amide bonds. The van der Waals surface area contributed by atoms with Gasteiger partial charge in [0.1, 0.15) is 11.3 Å². The summed E-state index contributed by atoms with van der Waals surface area (Å²) in [7, 11) is 0. The highest BCUT2D eigenvalue weighted by Gasteiger charge is 2.63. The molecule has 3 aliphatic heterocycles. The van der Waals surface area contributed by atoms with E-state index in [-0.39, 0.29) is 5.71 Å². The van der Waals surface area contributed by atoms with E-state index >= 15 is 0 Å². The average Bonchev–Trinajstić information content (AvgIpc) is 3.29. The Kier molecular flexibility index (Phi) is 4.25. The normalized spacial score (nSPS) is 25.0. The minimum atomic E-state index is -4.83. The zero-order valence-electron chi connectivity index (χ0n) is 14.5. The number of nitrogens with zero attached hydrogens (tertiary/aromatic N) is 1. The van der Waals surface area contributed by atoms with Crippen LogP contribution in [0.3, 0.4) is 0 Å². The Morgan fingerprint density at radius 2 is 1.83 bits per heavy atom. The van der Waals surface area contributed by atoms with Gasteiger partial charge in [0.15, 0.2) is 5.82 Å². The Labute approximate surface area is 176 Å². The zero-order valence-corrected chi connectivity index (χ0v) is 16.8. The number of benzene rings is 1. The third-order valence-electron chi connectivity index (χ3n) is 5.47. The Hall–Kier alpha value is -1.39. The van der Waals surface area contributed by atoms with Crippen LogP contribution in [0.1, 0.15) is 27.3 Å². The first-order valence-electron chi connectivity index (χ1n) is 8.60. The quantitative estimate of drug-likeness (QED) is 0.494. The molecule has 29 heavy (non-hydrogen) atoms.